The molecule has 0 radical (unpaired) electrons. The first kappa shape index (κ1) is 39.5. The Labute approximate surface area is 252 Å². The summed E-state index contributed by atoms with van der Waals surface area (Å²) in [6, 6.07) is 9.26. The van der Waals surface area contributed by atoms with E-state index < -0.39 is 24.1 Å². The first-order valence-corrected chi connectivity index (χ1v) is 12.2. The first-order chi connectivity index (χ1) is 18.5. The number of aromatic nitrogens is 1. The fourth-order valence-corrected chi connectivity index (χ4v) is 4.07. The van der Waals surface area contributed by atoms with Crippen LogP contribution in [-0.4, -0.2) is 42.0 Å². The van der Waals surface area contributed by atoms with Crippen LogP contribution in [0, 0.1) is 32.7 Å². The average Bonchev–Trinajstić information content (AvgIpc) is 2.77. The van der Waals surface area contributed by atoms with Gasteiger partial charge in [-0.3, -0.25) is 9.37 Å². The zero-order valence-electron chi connectivity index (χ0n) is 24.1. The fraction of sp³-hybridized carbons (Fsp3) is 0.414. The van der Waals surface area contributed by atoms with E-state index in [1.165, 1.54) is 12.1 Å². The molecule has 3 rings (SSSR count). The van der Waals surface area contributed by atoms with Crippen LogP contribution < -0.4 is 18.9 Å². The molecule has 0 spiro atoms. The third-order valence-corrected chi connectivity index (χ3v) is 5.79. The molecule has 42 heavy (non-hydrogen) atoms. The molecule has 0 aliphatic carbocycles. The van der Waals surface area contributed by atoms with Crippen molar-refractivity contribution in [3.63, 3.8) is 0 Å². The Morgan fingerprint density at radius 3 is 1.95 bits per heavy atom. The Balaban J connectivity index is 0.00000132. The van der Waals surface area contributed by atoms with Gasteiger partial charge in [-0.2, -0.15) is 30.9 Å². The van der Waals surface area contributed by atoms with Crippen LogP contribution in [0.1, 0.15) is 61.4 Å². The minimum atomic E-state index is -4.51. The van der Waals surface area contributed by atoms with Crippen LogP contribution in [0.3, 0.4) is 0 Å². The van der Waals surface area contributed by atoms with Crippen LogP contribution in [0.2, 0.25) is 0 Å². The molecule has 1 aromatic heterocycles. The number of likely N-dealkylation sites (N-methyl/N-ethyl adjacent to an activating group) is 1. The van der Waals surface area contributed by atoms with Gasteiger partial charge in [0.05, 0.1) is 11.3 Å². The number of hydrogen-bond acceptors (Lipinski definition) is 2. The maximum atomic E-state index is 14.3. The van der Waals surface area contributed by atoms with Gasteiger partial charge in [0.25, 0.3) is 12.4 Å². The topological polar surface area (TPSA) is 16.1 Å². The summed E-state index contributed by atoms with van der Waals surface area (Å²) >= 11 is 0. The fourth-order valence-electron chi connectivity index (χ4n) is 4.07. The third kappa shape index (κ3) is 14.1. The maximum absolute atomic E-state index is 14.3. The minimum Gasteiger partial charge on any atom is -0.373 e. The van der Waals surface area contributed by atoms with E-state index in [1.54, 1.807) is 51.0 Å². The number of halogens is 10. The van der Waals surface area contributed by atoms with Crippen molar-refractivity contribution < 1.29 is 62.8 Å². The van der Waals surface area contributed by atoms with Crippen LogP contribution in [0.5, 0.6) is 0 Å². The molecule has 1 aliphatic heterocycles. The van der Waals surface area contributed by atoms with Crippen LogP contribution in [0.15, 0.2) is 47.8 Å². The SMILES string of the molecule is Cc1c[c-]cc(F)c1C(C)CC1=CC(C(F)(F)F)=C(c2cc(C(C)C)ccn2)CN1C.[CH2-]C(F)(F)F.[CH2-]C(F)(F)F.[Li+]. The summed E-state index contributed by atoms with van der Waals surface area (Å²) < 4.78 is 118. The molecule has 1 aromatic carbocycles. The number of aryl methyl sites for hydroxylation is 1. The summed E-state index contributed by atoms with van der Waals surface area (Å²) in [6.07, 6.45) is -9.96. The number of hydrogen-bond donors (Lipinski definition) is 0. The Morgan fingerprint density at radius 1 is 0.976 bits per heavy atom. The molecule has 2 heterocycles. The van der Waals surface area contributed by atoms with E-state index in [0.717, 1.165) is 11.1 Å². The van der Waals surface area contributed by atoms with Crippen molar-refractivity contribution in [2.75, 3.05) is 13.6 Å². The van der Waals surface area contributed by atoms with Crippen molar-refractivity contribution in [3.05, 3.63) is 95.9 Å². The second kappa shape index (κ2) is 15.9. The van der Waals surface area contributed by atoms with Crippen LogP contribution in [0.25, 0.3) is 5.57 Å². The molecular formula is C29H31F10LiN2-2. The molecule has 0 N–H and O–H groups in total. The van der Waals surface area contributed by atoms with Crippen LogP contribution in [0.4, 0.5) is 43.9 Å². The summed E-state index contributed by atoms with van der Waals surface area (Å²) in [5.74, 6) is -0.471. The quantitative estimate of drug-likeness (QED) is 0.218. The number of benzene rings is 1. The molecule has 230 valence electrons. The second-order valence-corrected chi connectivity index (χ2v) is 9.75. The Hall–Kier alpha value is -2.45. The van der Waals surface area contributed by atoms with E-state index in [1.807, 2.05) is 26.8 Å². The zero-order valence-corrected chi connectivity index (χ0v) is 24.1. The summed E-state index contributed by atoms with van der Waals surface area (Å²) in [5, 5.41) is 0. The number of pyridine rings is 1. The standard InChI is InChI=1S/C25H27F4N2.2C2H2F3.Li/c1-15(2)18-9-10-30-23(12-18)20-14-31(5)19(13-21(20)25(27,28)29)11-17(4)24-16(3)7-6-8-22(24)26;2*1-2(3,4)5;/h7-10,12-13,15,17H,11,14H2,1-5H3;2*1H2;/q3*-1;+1. The monoisotopic (exact) mass is 604 g/mol. The largest absolute Gasteiger partial charge is 1.00 e. The van der Waals surface area contributed by atoms with E-state index in [0.29, 0.717) is 23.4 Å². The molecule has 0 fully saturated rings. The van der Waals surface area contributed by atoms with Gasteiger partial charge < -0.3 is 4.90 Å². The molecule has 0 bridgehead atoms. The Bertz CT molecular complexity index is 1170. The molecule has 13 heteroatoms. The van der Waals surface area contributed by atoms with Crippen molar-refractivity contribution in [2.24, 2.45) is 0 Å². The Morgan fingerprint density at radius 2 is 1.50 bits per heavy atom. The number of rotatable bonds is 5. The van der Waals surface area contributed by atoms with Gasteiger partial charge in [-0.1, -0.05) is 27.7 Å². The smallest absolute Gasteiger partial charge is 0.373 e. The summed E-state index contributed by atoms with van der Waals surface area (Å²) in [7, 11) is 1.76. The molecule has 1 aliphatic rings. The van der Waals surface area contributed by atoms with Gasteiger partial charge in [0.1, 0.15) is 0 Å². The van der Waals surface area contributed by atoms with Crippen LogP contribution >= 0.6 is 0 Å². The van der Waals surface area contributed by atoms with Crippen molar-refractivity contribution in [1.82, 2.24) is 9.88 Å². The second-order valence-electron chi connectivity index (χ2n) is 9.75. The van der Waals surface area contributed by atoms with E-state index in [4.69, 9.17) is 0 Å². The zero-order chi connectivity index (χ0) is 31.9. The number of allylic oxidation sites excluding steroid dienone is 3. The van der Waals surface area contributed by atoms with Gasteiger partial charge in [-0.05, 0) is 42.0 Å². The normalized spacial score (nSPS) is 14.7. The molecule has 0 amide bonds. The van der Waals surface area contributed by atoms with Gasteiger partial charge >= 0.3 is 25.0 Å². The van der Waals surface area contributed by atoms with Crippen molar-refractivity contribution in [2.45, 2.75) is 64.5 Å². The maximum Gasteiger partial charge on any atom is 1.00 e. The first-order valence-electron chi connectivity index (χ1n) is 12.2. The molecule has 1 atom stereocenters. The number of alkyl halides is 9. The van der Waals surface area contributed by atoms with E-state index in [-0.39, 0.29) is 48.6 Å². The van der Waals surface area contributed by atoms with Gasteiger partial charge in [0.2, 0.25) is 0 Å². The molecule has 2 nitrogen and oxygen atoms in total. The van der Waals surface area contributed by atoms with Gasteiger partial charge in [-0.15, -0.1) is 11.6 Å². The molecule has 2 aromatic rings. The predicted molar refractivity (Wildman–Crippen MR) is 138 cm³/mol. The van der Waals surface area contributed by atoms with E-state index >= 15 is 0 Å². The molecular weight excluding hydrogens is 573 g/mol. The third-order valence-electron chi connectivity index (χ3n) is 5.79. The average molecular weight is 605 g/mol. The van der Waals surface area contributed by atoms with E-state index in [9.17, 15) is 43.9 Å². The summed E-state index contributed by atoms with van der Waals surface area (Å²) in [6.45, 7) is 11.2. The summed E-state index contributed by atoms with van der Waals surface area (Å²) in [4.78, 5) is 6.03. The van der Waals surface area contributed by atoms with Crippen molar-refractivity contribution in [1.29, 1.82) is 0 Å². The minimum absolute atomic E-state index is 0. The Kier molecular flexibility index (Phi) is 14.9. The predicted octanol–water partition coefficient (Wildman–Crippen LogP) is 6.56. The van der Waals surface area contributed by atoms with Crippen molar-refractivity contribution >= 4 is 5.57 Å². The van der Waals surface area contributed by atoms with Crippen molar-refractivity contribution in [3.8, 4) is 0 Å². The van der Waals surface area contributed by atoms with Gasteiger partial charge in [0.15, 0.2) is 0 Å². The van der Waals surface area contributed by atoms with Gasteiger partial charge in [0, 0.05) is 36.9 Å². The number of nitrogens with zero attached hydrogens (tertiary/aromatic N) is 2. The molecule has 1 unspecified atom stereocenters. The van der Waals surface area contributed by atoms with Crippen LogP contribution in [-0.2, 0) is 0 Å². The molecule has 0 saturated carbocycles. The van der Waals surface area contributed by atoms with Gasteiger partial charge in [-0.25, -0.2) is 40.2 Å². The summed E-state index contributed by atoms with van der Waals surface area (Å²) in [5.41, 5.74) is 2.54. The molecule has 0 saturated heterocycles. The van der Waals surface area contributed by atoms with E-state index in [2.05, 4.69) is 11.1 Å².